The standard InChI is InChI=1S/C16H29NO3/c1-2-3-4-5-6-7-15(18)17-14-8-10-20-16(12-14)9-11-19-13-16/h14H,2-13H2,1H3,(H,17,18). The molecule has 2 aliphatic rings. The molecule has 4 heteroatoms. The van der Waals surface area contributed by atoms with Crippen molar-refractivity contribution in [2.75, 3.05) is 19.8 Å². The van der Waals surface area contributed by atoms with Crippen molar-refractivity contribution in [2.45, 2.75) is 76.4 Å². The Hall–Kier alpha value is -0.610. The minimum Gasteiger partial charge on any atom is -0.378 e. The van der Waals surface area contributed by atoms with E-state index in [0.29, 0.717) is 13.0 Å². The largest absolute Gasteiger partial charge is 0.378 e. The maximum absolute atomic E-state index is 12.0. The first kappa shape index (κ1) is 15.8. The van der Waals surface area contributed by atoms with E-state index in [1.165, 1.54) is 25.7 Å². The van der Waals surface area contributed by atoms with E-state index in [9.17, 15) is 4.79 Å². The fraction of sp³-hybridized carbons (Fsp3) is 0.938. The van der Waals surface area contributed by atoms with E-state index < -0.39 is 0 Å². The number of nitrogens with one attached hydrogen (secondary N) is 1. The summed E-state index contributed by atoms with van der Waals surface area (Å²) in [5, 5.41) is 3.19. The lowest BCUT2D eigenvalue weighted by molar-refractivity contribution is -0.125. The summed E-state index contributed by atoms with van der Waals surface area (Å²) >= 11 is 0. The average molecular weight is 283 g/mol. The van der Waals surface area contributed by atoms with Crippen LogP contribution in [-0.2, 0) is 14.3 Å². The molecule has 2 rings (SSSR count). The normalized spacial score (nSPS) is 29.8. The van der Waals surface area contributed by atoms with Gasteiger partial charge >= 0.3 is 0 Å². The molecule has 2 fully saturated rings. The highest BCUT2D eigenvalue weighted by molar-refractivity contribution is 5.76. The van der Waals surface area contributed by atoms with Crippen LogP contribution in [0, 0.1) is 0 Å². The molecule has 1 N–H and O–H groups in total. The molecule has 0 aromatic rings. The van der Waals surface area contributed by atoms with Gasteiger partial charge in [0.05, 0.1) is 12.2 Å². The SMILES string of the molecule is CCCCCCCC(=O)NC1CCOC2(CCOC2)C1. The van der Waals surface area contributed by atoms with Gasteiger partial charge in [0.15, 0.2) is 0 Å². The number of ether oxygens (including phenoxy) is 2. The summed E-state index contributed by atoms with van der Waals surface area (Å²) in [4.78, 5) is 12.0. The van der Waals surface area contributed by atoms with Crippen molar-refractivity contribution in [1.29, 1.82) is 0 Å². The second-order valence-electron chi connectivity index (χ2n) is 6.26. The second-order valence-corrected chi connectivity index (χ2v) is 6.26. The Kier molecular flexibility index (Phi) is 6.30. The lowest BCUT2D eigenvalue weighted by atomic mass is 9.89. The summed E-state index contributed by atoms with van der Waals surface area (Å²) in [6.07, 6.45) is 9.46. The molecule has 0 radical (unpaired) electrons. The van der Waals surface area contributed by atoms with E-state index in [4.69, 9.17) is 9.47 Å². The Labute approximate surface area is 122 Å². The zero-order chi connectivity index (χ0) is 14.3. The fourth-order valence-electron chi connectivity index (χ4n) is 3.20. The van der Waals surface area contributed by atoms with Crippen LogP contribution in [0.1, 0.15) is 64.7 Å². The highest BCUT2D eigenvalue weighted by atomic mass is 16.6. The van der Waals surface area contributed by atoms with Gasteiger partial charge in [-0.15, -0.1) is 0 Å². The molecule has 2 heterocycles. The first-order valence-electron chi connectivity index (χ1n) is 8.25. The topological polar surface area (TPSA) is 47.6 Å². The summed E-state index contributed by atoms with van der Waals surface area (Å²) in [5.41, 5.74) is -0.114. The quantitative estimate of drug-likeness (QED) is 0.731. The van der Waals surface area contributed by atoms with Crippen LogP contribution in [0.3, 0.4) is 0 Å². The molecular formula is C16H29NO3. The van der Waals surface area contributed by atoms with Gasteiger partial charge in [-0.05, 0) is 19.3 Å². The van der Waals surface area contributed by atoms with Crippen LogP contribution in [0.25, 0.3) is 0 Å². The Morgan fingerprint density at radius 3 is 2.85 bits per heavy atom. The minimum atomic E-state index is -0.114. The number of rotatable bonds is 7. The molecule has 1 amide bonds. The number of amides is 1. The monoisotopic (exact) mass is 283 g/mol. The third kappa shape index (κ3) is 4.74. The van der Waals surface area contributed by atoms with Crippen molar-refractivity contribution in [1.82, 2.24) is 5.32 Å². The molecule has 0 saturated carbocycles. The lowest BCUT2D eigenvalue weighted by Crippen LogP contribution is -2.49. The molecule has 2 aliphatic heterocycles. The highest BCUT2D eigenvalue weighted by Crippen LogP contribution is 2.32. The molecule has 2 atom stereocenters. The molecule has 2 unspecified atom stereocenters. The third-order valence-corrected chi connectivity index (χ3v) is 4.43. The summed E-state index contributed by atoms with van der Waals surface area (Å²) < 4.78 is 11.3. The molecule has 116 valence electrons. The fourth-order valence-corrected chi connectivity index (χ4v) is 3.20. The summed E-state index contributed by atoms with van der Waals surface area (Å²) in [6, 6.07) is 0.272. The van der Waals surface area contributed by atoms with Crippen molar-refractivity contribution in [3.8, 4) is 0 Å². The van der Waals surface area contributed by atoms with Gasteiger partial charge in [0.1, 0.15) is 0 Å². The Bertz CT molecular complexity index is 300. The van der Waals surface area contributed by atoms with Crippen molar-refractivity contribution < 1.29 is 14.3 Å². The third-order valence-electron chi connectivity index (χ3n) is 4.43. The zero-order valence-electron chi connectivity index (χ0n) is 12.8. The van der Waals surface area contributed by atoms with E-state index in [-0.39, 0.29) is 17.6 Å². The molecule has 20 heavy (non-hydrogen) atoms. The smallest absolute Gasteiger partial charge is 0.220 e. The number of hydrogen-bond acceptors (Lipinski definition) is 3. The van der Waals surface area contributed by atoms with Gasteiger partial charge in [-0.3, -0.25) is 4.79 Å². The Balaban J connectivity index is 1.63. The van der Waals surface area contributed by atoms with Crippen molar-refractivity contribution >= 4 is 5.91 Å². The molecule has 0 aliphatic carbocycles. The Morgan fingerprint density at radius 1 is 1.25 bits per heavy atom. The molecule has 0 aromatic heterocycles. The average Bonchev–Trinajstić information content (AvgIpc) is 2.86. The predicted molar refractivity (Wildman–Crippen MR) is 78.7 cm³/mol. The second kappa shape index (κ2) is 7.99. The summed E-state index contributed by atoms with van der Waals surface area (Å²) in [7, 11) is 0. The summed E-state index contributed by atoms with van der Waals surface area (Å²) in [5.74, 6) is 0.211. The lowest BCUT2D eigenvalue weighted by Gasteiger charge is -2.37. The van der Waals surface area contributed by atoms with Gasteiger partial charge in [-0.25, -0.2) is 0 Å². The van der Waals surface area contributed by atoms with Crippen LogP contribution in [0.5, 0.6) is 0 Å². The molecule has 4 nitrogen and oxygen atoms in total. The van der Waals surface area contributed by atoms with Crippen LogP contribution in [-0.4, -0.2) is 37.4 Å². The molecule has 2 saturated heterocycles. The molecular weight excluding hydrogens is 254 g/mol. The number of carbonyl (C=O) groups is 1. The Morgan fingerprint density at radius 2 is 2.10 bits per heavy atom. The number of hydrogen-bond donors (Lipinski definition) is 1. The maximum Gasteiger partial charge on any atom is 0.220 e. The van der Waals surface area contributed by atoms with Gasteiger partial charge in [0.2, 0.25) is 5.91 Å². The number of unbranched alkanes of at least 4 members (excludes halogenated alkanes) is 4. The van der Waals surface area contributed by atoms with Gasteiger partial charge in [-0.2, -0.15) is 0 Å². The maximum atomic E-state index is 12.0. The zero-order valence-corrected chi connectivity index (χ0v) is 12.8. The number of carbonyl (C=O) groups excluding carboxylic acids is 1. The first-order chi connectivity index (χ1) is 9.74. The minimum absolute atomic E-state index is 0.114. The van der Waals surface area contributed by atoms with Gasteiger partial charge < -0.3 is 14.8 Å². The van der Waals surface area contributed by atoms with Crippen LogP contribution in [0.4, 0.5) is 0 Å². The van der Waals surface area contributed by atoms with Crippen molar-refractivity contribution in [3.05, 3.63) is 0 Å². The molecule has 0 aromatic carbocycles. The van der Waals surface area contributed by atoms with Gasteiger partial charge in [-0.1, -0.05) is 32.6 Å². The van der Waals surface area contributed by atoms with Crippen molar-refractivity contribution in [2.24, 2.45) is 0 Å². The van der Waals surface area contributed by atoms with E-state index in [0.717, 1.165) is 38.9 Å². The predicted octanol–water partition coefficient (Wildman–Crippen LogP) is 2.80. The van der Waals surface area contributed by atoms with Crippen molar-refractivity contribution in [3.63, 3.8) is 0 Å². The van der Waals surface area contributed by atoms with Crippen LogP contribution in [0.2, 0.25) is 0 Å². The van der Waals surface area contributed by atoms with E-state index >= 15 is 0 Å². The van der Waals surface area contributed by atoms with Gasteiger partial charge in [0, 0.05) is 32.1 Å². The molecule has 0 bridgehead atoms. The van der Waals surface area contributed by atoms with Gasteiger partial charge in [0.25, 0.3) is 0 Å². The summed E-state index contributed by atoms with van der Waals surface area (Å²) in [6.45, 7) is 4.43. The van der Waals surface area contributed by atoms with E-state index in [1.54, 1.807) is 0 Å². The van der Waals surface area contributed by atoms with E-state index in [1.807, 2.05) is 0 Å². The van der Waals surface area contributed by atoms with E-state index in [2.05, 4.69) is 12.2 Å². The van der Waals surface area contributed by atoms with Crippen LogP contribution >= 0.6 is 0 Å². The molecule has 1 spiro atoms. The first-order valence-corrected chi connectivity index (χ1v) is 8.25. The van der Waals surface area contributed by atoms with Crippen LogP contribution < -0.4 is 5.32 Å². The van der Waals surface area contributed by atoms with Crippen LogP contribution in [0.15, 0.2) is 0 Å². The highest BCUT2D eigenvalue weighted by Gasteiger charge is 2.41.